The molecule has 2 aromatic rings. The first-order chi connectivity index (χ1) is 14.1. The summed E-state index contributed by atoms with van der Waals surface area (Å²) >= 11 is 0. The molecule has 6 heteroatoms. The van der Waals surface area contributed by atoms with Crippen molar-refractivity contribution in [2.45, 2.75) is 25.9 Å². The molecule has 1 aliphatic rings. The first-order valence-corrected chi connectivity index (χ1v) is 10.0. The van der Waals surface area contributed by atoms with E-state index in [1.807, 2.05) is 35.2 Å². The van der Waals surface area contributed by atoms with Gasteiger partial charge in [-0.05, 0) is 29.7 Å². The Kier molecular flexibility index (Phi) is 7.25. The van der Waals surface area contributed by atoms with Crippen molar-refractivity contribution in [1.82, 2.24) is 10.2 Å². The number of esters is 1. The van der Waals surface area contributed by atoms with Crippen LogP contribution in [0.15, 0.2) is 54.6 Å². The van der Waals surface area contributed by atoms with Gasteiger partial charge in [-0.3, -0.25) is 9.59 Å². The van der Waals surface area contributed by atoms with E-state index in [9.17, 15) is 9.59 Å². The molecule has 0 saturated carbocycles. The SMILES string of the molecule is COC(=O)C(Cc1ccccc1)NCc1ccc(N2CCN(C(C)=O)CC2)cc1. The molecule has 1 heterocycles. The van der Waals surface area contributed by atoms with E-state index in [0.717, 1.165) is 43.0 Å². The third kappa shape index (κ3) is 5.81. The van der Waals surface area contributed by atoms with Crippen LogP contribution in [0.4, 0.5) is 5.69 Å². The van der Waals surface area contributed by atoms with Crippen LogP contribution >= 0.6 is 0 Å². The molecule has 0 radical (unpaired) electrons. The molecular formula is C23H29N3O3. The number of piperazine rings is 1. The molecule has 29 heavy (non-hydrogen) atoms. The monoisotopic (exact) mass is 395 g/mol. The summed E-state index contributed by atoms with van der Waals surface area (Å²) in [6.07, 6.45) is 0.589. The maximum absolute atomic E-state index is 12.2. The zero-order valence-corrected chi connectivity index (χ0v) is 17.1. The zero-order valence-electron chi connectivity index (χ0n) is 17.1. The van der Waals surface area contributed by atoms with Crippen LogP contribution in [0, 0.1) is 0 Å². The standard InChI is InChI=1S/C23H29N3O3/c1-18(27)25-12-14-26(15-13-25)21-10-8-20(9-11-21)17-24-22(23(28)29-2)16-19-6-4-3-5-7-19/h3-11,22,24H,12-17H2,1-2H3. The van der Waals surface area contributed by atoms with Gasteiger partial charge in [0.2, 0.25) is 5.91 Å². The summed E-state index contributed by atoms with van der Waals surface area (Å²) in [5.74, 6) is -0.115. The minimum Gasteiger partial charge on any atom is -0.468 e. The van der Waals surface area contributed by atoms with Gasteiger partial charge in [-0.25, -0.2) is 0 Å². The predicted octanol–water partition coefficient (Wildman–Crippen LogP) is 2.23. The summed E-state index contributed by atoms with van der Waals surface area (Å²) in [5, 5.41) is 3.32. The molecular weight excluding hydrogens is 366 g/mol. The molecule has 2 aromatic carbocycles. The zero-order chi connectivity index (χ0) is 20.6. The van der Waals surface area contributed by atoms with Crippen LogP contribution in [0.5, 0.6) is 0 Å². The van der Waals surface area contributed by atoms with Crippen LogP contribution < -0.4 is 10.2 Å². The number of ether oxygens (including phenoxy) is 1. The molecule has 1 N–H and O–H groups in total. The molecule has 0 aliphatic carbocycles. The summed E-state index contributed by atoms with van der Waals surface area (Å²) in [7, 11) is 1.42. The first kappa shape index (κ1) is 20.9. The van der Waals surface area contributed by atoms with E-state index in [4.69, 9.17) is 4.74 Å². The molecule has 0 bridgehead atoms. The average molecular weight is 396 g/mol. The van der Waals surface area contributed by atoms with E-state index < -0.39 is 0 Å². The topological polar surface area (TPSA) is 61.9 Å². The lowest BCUT2D eigenvalue weighted by atomic mass is 10.1. The van der Waals surface area contributed by atoms with Gasteiger partial charge in [-0.2, -0.15) is 0 Å². The molecule has 0 aromatic heterocycles. The molecule has 1 aliphatic heterocycles. The maximum Gasteiger partial charge on any atom is 0.323 e. The van der Waals surface area contributed by atoms with E-state index in [1.165, 1.54) is 7.11 Å². The quantitative estimate of drug-likeness (QED) is 0.729. The number of carbonyl (C=O) groups is 2. The van der Waals surface area contributed by atoms with Gasteiger partial charge in [0, 0.05) is 45.3 Å². The van der Waals surface area contributed by atoms with Gasteiger partial charge in [0.1, 0.15) is 6.04 Å². The summed E-state index contributed by atoms with van der Waals surface area (Å²) in [4.78, 5) is 27.8. The van der Waals surface area contributed by atoms with E-state index in [2.05, 4.69) is 34.5 Å². The highest BCUT2D eigenvalue weighted by atomic mass is 16.5. The number of hydrogen-bond donors (Lipinski definition) is 1. The third-order valence-corrected chi connectivity index (χ3v) is 5.35. The normalized spacial score (nSPS) is 15.1. The van der Waals surface area contributed by atoms with Crippen LogP contribution in [-0.2, 0) is 27.3 Å². The Bertz CT molecular complexity index is 800. The molecule has 154 valence electrons. The van der Waals surface area contributed by atoms with Crippen molar-refractivity contribution < 1.29 is 14.3 Å². The van der Waals surface area contributed by atoms with Crippen molar-refractivity contribution in [3.8, 4) is 0 Å². The van der Waals surface area contributed by atoms with Crippen molar-refractivity contribution in [2.75, 3.05) is 38.2 Å². The van der Waals surface area contributed by atoms with Gasteiger partial charge in [0.15, 0.2) is 0 Å². The molecule has 1 fully saturated rings. The average Bonchev–Trinajstić information content (AvgIpc) is 2.77. The van der Waals surface area contributed by atoms with Gasteiger partial charge in [0.05, 0.1) is 7.11 Å². The van der Waals surface area contributed by atoms with Crippen LogP contribution in [-0.4, -0.2) is 56.1 Å². The Labute approximate surface area is 172 Å². The van der Waals surface area contributed by atoms with Gasteiger partial charge < -0.3 is 19.9 Å². The second-order valence-electron chi connectivity index (χ2n) is 7.31. The van der Waals surface area contributed by atoms with E-state index in [-0.39, 0.29) is 17.9 Å². The Morgan fingerprint density at radius 3 is 2.21 bits per heavy atom. The van der Waals surface area contributed by atoms with Crippen LogP contribution in [0.25, 0.3) is 0 Å². The number of carbonyl (C=O) groups excluding carboxylic acids is 2. The highest BCUT2D eigenvalue weighted by molar-refractivity contribution is 5.76. The van der Waals surface area contributed by atoms with Gasteiger partial charge in [0.25, 0.3) is 0 Å². The minimum atomic E-state index is -0.387. The van der Waals surface area contributed by atoms with Crippen molar-refractivity contribution >= 4 is 17.6 Å². The highest BCUT2D eigenvalue weighted by Crippen LogP contribution is 2.18. The Hall–Kier alpha value is -2.86. The Morgan fingerprint density at radius 1 is 0.966 bits per heavy atom. The van der Waals surface area contributed by atoms with Crippen LogP contribution in [0.3, 0.4) is 0 Å². The lowest BCUT2D eigenvalue weighted by molar-refractivity contribution is -0.143. The number of amides is 1. The van der Waals surface area contributed by atoms with E-state index in [0.29, 0.717) is 13.0 Å². The van der Waals surface area contributed by atoms with Gasteiger partial charge in [-0.15, -0.1) is 0 Å². The van der Waals surface area contributed by atoms with Crippen LogP contribution in [0.1, 0.15) is 18.1 Å². The molecule has 1 amide bonds. The number of nitrogens with one attached hydrogen (secondary N) is 1. The predicted molar refractivity (Wildman–Crippen MR) is 114 cm³/mol. The fourth-order valence-electron chi connectivity index (χ4n) is 3.58. The van der Waals surface area contributed by atoms with E-state index >= 15 is 0 Å². The Morgan fingerprint density at radius 2 is 1.62 bits per heavy atom. The van der Waals surface area contributed by atoms with Crippen molar-refractivity contribution in [1.29, 1.82) is 0 Å². The first-order valence-electron chi connectivity index (χ1n) is 10.0. The fourth-order valence-corrected chi connectivity index (χ4v) is 3.58. The van der Waals surface area contributed by atoms with Crippen molar-refractivity contribution in [3.05, 3.63) is 65.7 Å². The second-order valence-corrected chi connectivity index (χ2v) is 7.31. The minimum absolute atomic E-state index is 0.140. The Balaban J connectivity index is 1.55. The highest BCUT2D eigenvalue weighted by Gasteiger charge is 2.20. The molecule has 6 nitrogen and oxygen atoms in total. The van der Waals surface area contributed by atoms with Crippen LogP contribution in [0.2, 0.25) is 0 Å². The smallest absolute Gasteiger partial charge is 0.323 e. The molecule has 3 rings (SSSR count). The van der Waals surface area contributed by atoms with Gasteiger partial charge in [-0.1, -0.05) is 42.5 Å². The van der Waals surface area contributed by atoms with Crippen molar-refractivity contribution in [3.63, 3.8) is 0 Å². The lowest BCUT2D eigenvalue weighted by Crippen LogP contribution is -2.48. The summed E-state index contributed by atoms with van der Waals surface area (Å²) < 4.78 is 4.96. The number of rotatable bonds is 7. The largest absolute Gasteiger partial charge is 0.468 e. The summed E-state index contributed by atoms with van der Waals surface area (Å²) in [6, 6.07) is 17.9. The fraction of sp³-hybridized carbons (Fsp3) is 0.391. The third-order valence-electron chi connectivity index (χ3n) is 5.35. The maximum atomic E-state index is 12.2. The van der Waals surface area contributed by atoms with E-state index in [1.54, 1.807) is 6.92 Å². The lowest BCUT2D eigenvalue weighted by Gasteiger charge is -2.35. The number of hydrogen-bond acceptors (Lipinski definition) is 5. The molecule has 0 spiro atoms. The summed E-state index contributed by atoms with van der Waals surface area (Å²) in [6.45, 7) is 5.43. The number of methoxy groups -OCH3 is 1. The number of anilines is 1. The van der Waals surface area contributed by atoms with Gasteiger partial charge >= 0.3 is 5.97 Å². The number of benzene rings is 2. The molecule has 1 saturated heterocycles. The second kappa shape index (κ2) is 10.1. The summed E-state index contributed by atoms with van der Waals surface area (Å²) in [5.41, 5.74) is 3.36. The number of nitrogens with zero attached hydrogens (tertiary/aromatic N) is 2. The molecule has 1 unspecified atom stereocenters. The molecule has 1 atom stereocenters. The van der Waals surface area contributed by atoms with Crippen molar-refractivity contribution in [2.24, 2.45) is 0 Å².